The summed E-state index contributed by atoms with van der Waals surface area (Å²) in [6.45, 7) is 3.10. The molecule has 0 aliphatic heterocycles. The van der Waals surface area contributed by atoms with Gasteiger partial charge in [-0.15, -0.1) is 0 Å². The maximum Gasteiger partial charge on any atom is 0.255 e. The molecule has 0 unspecified atom stereocenters. The number of para-hydroxylation sites is 1. The molecule has 0 bridgehead atoms. The van der Waals surface area contributed by atoms with Gasteiger partial charge < -0.3 is 19.5 Å². The van der Waals surface area contributed by atoms with Crippen LogP contribution in [0.15, 0.2) is 36.4 Å². The first kappa shape index (κ1) is 18.7. The summed E-state index contributed by atoms with van der Waals surface area (Å²) in [4.78, 5) is 12.3. The third-order valence-electron chi connectivity index (χ3n) is 3.32. The minimum absolute atomic E-state index is 0.176. The number of hydrogen-bond acceptors (Lipinski definition) is 4. The van der Waals surface area contributed by atoms with E-state index in [1.807, 2.05) is 6.92 Å². The fourth-order valence-corrected chi connectivity index (χ4v) is 2.09. The van der Waals surface area contributed by atoms with Crippen molar-refractivity contribution in [3.63, 3.8) is 0 Å². The van der Waals surface area contributed by atoms with E-state index in [0.29, 0.717) is 24.7 Å². The molecule has 0 aromatic heterocycles. The number of carbonyl (C=O) groups is 1. The van der Waals surface area contributed by atoms with Gasteiger partial charge in [-0.05, 0) is 37.3 Å². The summed E-state index contributed by atoms with van der Waals surface area (Å²) < 4.78 is 43.2. The number of hydrogen-bond donors (Lipinski definition) is 1. The van der Waals surface area contributed by atoms with E-state index in [4.69, 9.17) is 14.2 Å². The molecule has 7 heteroatoms. The van der Waals surface area contributed by atoms with E-state index in [2.05, 4.69) is 5.32 Å². The molecule has 0 saturated heterocycles. The summed E-state index contributed by atoms with van der Waals surface area (Å²) >= 11 is 0. The predicted molar refractivity (Wildman–Crippen MR) is 89.3 cm³/mol. The first-order chi connectivity index (χ1) is 12.1. The van der Waals surface area contributed by atoms with Crippen LogP contribution in [0.4, 0.5) is 14.5 Å². The minimum atomic E-state index is -0.852. The third-order valence-corrected chi connectivity index (χ3v) is 3.32. The second-order valence-electron chi connectivity index (χ2n) is 4.96. The predicted octanol–water partition coefficient (Wildman–Crippen LogP) is 3.64. The van der Waals surface area contributed by atoms with Crippen LogP contribution in [0, 0.1) is 11.6 Å². The van der Waals surface area contributed by atoms with Crippen molar-refractivity contribution in [3.8, 4) is 11.5 Å². The van der Waals surface area contributed by atoms with Crippen LogP contribution in [-0.4, -0.2) is 32.8 Å². The Hall–Kier alpha value is -2.67. The van der Waals surface area contributed by atoms with Gasteiger partial charge >= 0.3 is 0 Å². The van der Waals surface area contributed by atoms with Gasteiger partial charge in [-0.25, -0.2) is 8.78 Å². The lowest BCUT2D eigenvalue weighted by Crippen LogP contribution is -2.15. The first-order valence-electron chi connectivity index (χ1n) is 7.70. The van der Waals surface area contributed by atoms with E-state index in [9.17, 15) is 13.6 Å². The molecular formula is C18H19F2NO4. The van der Waals surface area contributed by atoms with Crippen LogP contribution >= 0.6 is 0 Å². The molecule has 0 spiro atoms. The van der Waals surface area contributed by atoms with Gasteiger partial charge in [-0.3, -0.25) is 4.79 Å². The number of ether oxygens (including phenoxy) is 3. The van der Waals surface area contributed by atoms with Crippen LogP contribution < -0.4 is 14.8 Å². The van der Waals surface area contributed by atoms with Crippen LogP contribution in [0.5, 0.6) is 11.5 Å². The molecular weight excluding hydrogens is 332 g/mol. The van der Waals surface area contributed by atoms with Crippen molar-refractivity contribution < 1.29 is 27.8 Å². The standard InChI is InChI=1S/C18H19F2NO4/c1-3-24-9-10-25-16-11-12(7-8-15(16)23-2)18(22)21-17-13(19)5-4-6-14(17)20/h4-8,11H,3,9-10H2,1-2H3,(H,21,22). The molecule has 0 aliphatic carbocycles. The van der Waals surface area contributed by atoms with Crippen LogP contribution in [0.25, 0.3) is 0 Å². The fourth-order valence-electron chi connectivity index (χ4n) is 2.09. The maximum absolute atomic E-state index is 13.7. The summed E-state index contributed by atoms with van der Waals surface area (Å²) in [6, 6.07) is 7.81. The lowest BCUT2D eigenvalue weighted by Gasteiger charge is -2.13. The lowest BCUT2D eigenvalue weighted by molar-refractivity contribution is 0.102. The molecule has 0 atom stereocenters. The van der Waals surface area contributed by atoms with E-state index in [1.54, 1.807) is 6.07 Å². The normalized spacial score (nSPS) is 10.4. The van der Waals surface area contributed by atoms with Gasteiger partial charge in [-0.1, -0.05) is 6.07 Å². The monoisotopic (exact) mass is 351 g/mol. The summed E-state index contributed by atoms with van der Waals surface area (Å²) in [6.07, 6.45) is 0. The van der Waals surface area contributed by atoms with Crippen molar-refractivity contribution in [1.29, 1.82) is 0 Å². The molecule has 1 N–H and O–H groups in total. The van der Waals surface area contributed by atoms with Crippen molar-refractivity contribution in [2.75, 3.05) is 32.2 Å². The number of halogens is 2. The van der Waals surface area contributed by atoms with E-state index >= 15 is 0 Å². The van der Waals surface area contributed by atoms with Crippen LogP contribution in [0.2, 0.25) is 0 Å². The van der Waals surface area contributed by atoms with Crippen LogP contribution in [-0.2, 0) is 4.74 Å². The minimum Gasteiger partial charge on any atom is -0.493 e. The summed E-state index contributed by atoms with van der Waals surface area (Å²) in [7, 11) is 1.47. The zero-order valence-corrected chi connectivity index (χ0v) is 14.0. The number of anilines is 1. The highest BCUT2D eigenvalue weighted by Crippen LogP contribution is 2.29. The van der Waals surface area contributed by atoms with Gasteiger partial charge in [0.05, 0.1) is 13.7 Å². The second-order valence-corrected chi connectivity index (χ2v) is 4.96. The average molecular weight is 351 g/mol. The Kier molecular flexibility index (Phi) is 6.71. The highest BCUT2D eigenvalue weighted by Gasteiger charge is 2.15. The van der Waals surface area contributed by atoms with Gasteiger partial charge in [0.25, 0.3) is 5.91 Å². The Morgan fingerprint density at radius 3 is 2.44 bits per heavy atom. The molecule has 2 aromatic rings. The van der Waals surface area contributed by atoms with Gasteiger partial charge in [0.15, 0.2) is 11.5 Å². The number of benzene rings is 2. The fraction of sp³-hybridized carbons (Fsp3) is 0.278. The molecule has 2 rings (SSSR count). The topological polar surface area (TPSA) is 56.8 Å². The molecule has 25 heavy (non-hydrogen) atoms. The second kappa shape index (κ2) is 8.98. The van der Waals surface area contributed by atoms with Gasteiger partial charge in [0.2, 0.25) is 0 Å². The first-order valence-corrected chi connectivity index (χ1v) is 7.70. The Morgan fingerprint density at radius 2 is 1.80 bits per heavy atom. The SMILES string of the molecule is CCOCCOc1cc(C(=O)Nc2c(F)cccc2F)ccc1OC. The number of amides is 1. The van der Waals surface area contributed by atoms with Crippen molar-refractivity contribution in [2.24, 2.45) is 0 Å². The molecule has 0 aliphatic rings. The molecule has 0 fully saturated rings. The van der Waals surface area contributed by atoms with Crippen LogP contribution in [0.1, 0.15) is 17.3 Å². The Morgan fingerprint density at radius 1 is 1.08 bits per heavy atom. The van der Waals surface area contributed by atoms with E-state index in [-0.39, 0.29) is 12.2 Å². The molecule has 1 amide bonds. The lowest BCUT2D eigenvalue weighted by atomic mass is 10.1. The molecule has 0 radical (unpaired) electrons. The zero-order chi connectivity index (χ0) is 18.2. The summed E-state index contributed by atoms with van der Waals surface area (Å²) in [5.41, 5.74) is -0.322. The highest BCUT2D eigenvalue weighted by molar-refractivity contribution is 6.04. The van der Waals surface area contributed by atoms with Crippen molar-refractivity contribution in [2.45, 2.75) is 6.92 Å². The summed E-state index contributed by atoms with van der Waals surface area (Å²) in [5, 5.41) is 2.23. The van der Waals surface area contributed by atoms with E-state index < -0.39 is 23.2 Å². The molecule has 0 saturated carbocycles. The number of methoxy groups -OCH3 is 1. The number of carbonyl (C=O) groups excluding carboxylic acids is 1. The van der Waals surface area contributed by atoms with Crippen molar-refractivity contribution in [1.82, 2.24) is 0 Å². The molecule has 5 nitrogen and oxygen atoms in total. The number of nitrogens with one attached hydrogen (secondary N) is 1. The maximum atomic E-state index is 13.7. The van der Waals surface area contributed by atoms with E-state index in [1.165, 1.54) is 25.3 Å². The average Bonchev–Trinajstić information content (AvgIpc) is 2.61. The Labute approximate surface area is 144 Å². The largest absolute Gasteiger partial charge is 0.493 e. The number of rotatable bonds is 8. The molecule has 2 aromatic carbocycles. The van der Waals surface area contributed by atoms with Crippen LogP contribution in [0.3, 0.4) is 0 Å². The molecule has 0 heterocycles. The van der Waals surface area contributed by atoms with E-state index in [0.717, 1.165) is 12.1 Å². The third kappa shape index (κ3) is 4.90. The quantitative estimate of drug-likeness (QED) is 0.738. The van der Waals surface area contributed by atoms with Gasteiger partial charge in [0.1, 0.15) is 23.9 Å². The molecule has 134 valence electrons. The smallest absolute Gasteiger partial charge is 0.255 e. The highest BCUT2D eigenvalue weighted by atomic mass is 19.1. The Balaban J connectivity index is 2.16. The Bertz CT molecular complexity index is 717. The van der Waals surface area contributed by atoms with Gasteiger partial charge in [0, 0.05) is 12.2 Å². The van der Waals surface area contributed by atoms with Crippen molar-refractivity contribution in [3.05, 3.63) is 53.6 Å². The summed E-state index contributed by atoms with van der Waals surface area (Å²) in [5.74, 6) is -1.60. The van der Waals surface area contributed by atoms with Crippen molar-refractivity contribution >= 4 is 11.6 Å². The zero-order valence-electron chi connectivity index (χ0n) is 14.0. The van der Waals surface area contributed by atoms with Gasteiger partial charge in [-0.2, -0.15) is 0 Å².